The van der Waals surface area contributed by atoms with E-state index in [0.29, 0.717) is 37.4 Å². The van der Waals surface area contributed by atoms with Crippen LogP contribution in [0.1, 0.15) is 25.0 Å². The Morgan fingerprint density at radius 3 is 2.70 bits per heavy atom. The van der Waals surface area contributed by atoms with Crippen molar-refractivity contribution in [2.24, 2.45) is 5.41 Å². The van der Waals surface area contributed by atoms with E-state index in [1.807, 2.05) is 12.1 Å². The Hall–Kier alpha value is -2.87. The number of carbonyl (C=O) groups excluding carboxylic acids is 2. The lowest BCUT2D eigenvalue weighted by atomic mass is 9.39. The van der Waals surface area contributed by atoms with Crippen LogP contribution in [0.2, 0.25) is 5.02 Å². The van der Waals surface area contributed by atoms with Crippen LogP contribution in [-0.4, -0.2) is 36.1 Å². The number of carbonyl (C=O) groups is 2. The molecule has 0 unspecified atom stereocenters. The Labute approximate surface area is 177 Å². The second-order valence-electron chi connectivity index (χ2n) is 7.86. The molecule has 2 N–H and O–H groups in total. The lowest BCUT2D eigenvalue weighted by Gasteiger charge is -2.69. The lowest BCUT2D eigenvalue weighted by Crippen LogP contribution is -2.78. The van der Waals surface area contributed by atoms with E-state index in [1.54, 1.807) is 13.2 Å². The van der Waals surface area contributed by atoms with E-state index in [2.05, 4.69) is 15.6 Å². The molecule has 1 aromatic heterocycles. The normalized spacial score (nSPS) is 23.6. The van der Waals surface area contributed by atoms with E-state index in [0.717, 1.165) is 6.07 Å². The summed E-state index contributed by atoms with van der Waals surface area (Å²) in [5, 5.41) is 5.84. The number of methoxy groups -OCH3 is 1. The first-order valence-corrected chi connectivity index (χ1v) is 9.88. The Kier molecular flexibility index (Phi) is 5.27. The predicted molar refractivity (Wildman–Crippen MR) is 107 cm³/mol. The van der Waals surface area contributed by atoms with Gasteiger partial charge in [0.1, 0.15) is 11.6 Å². The molecule has 3 aliphatic carbocycles. The van der Waals surface area contributed by atoms with Gasteiger partial charge >= 0.3 is 0 Å². The van der Waals surface area contributed by atoms with Crippen molar-refractivity contribution in [2.75, 3.05) is 13.7 Å². The molecule has 9 heteroatoms. The fourth-order valence-corrected chi connectivity index (χ4v) is 4.35. The maximum atomic E-state index is 13.4. The zero-order chi connectivity index (χ0) is 21.4. The standard InChI is InChI=1S/C21H21ClFN3O4/c1-29-18-4-2-3-13(25-18)8-24-19(28)20-10-21(11-20,12-20)26-17(27)9-30-14-5-6-15(22)16(23)7-14/h2-7H,8-12H2,1H3,(H,24,28)(H,26,27). The van der Waals surface area contributed by atoms with Gasteiger partial charge in [-0.1, -0.05) is 17.7 Å². The van der Waals surface area contributed by atoms with Crippen molar-refractivity contribution in [3.8, 4) is 11.6 Å². The molecule has 30 heavy (non-hydrogen) atoms. The average molecular weight is 434 g/mol. The zero-order valence-corrected chi connectivity index (χ0v) is 17.1. The molecule has 2 amide bonds. The largest absolute Gasteiger partial charge is 0.484 e. The minimum Gasteiger partial charge on any atom is -0.484 e. The first-order valence-electron chi connectivity index (χ1n) is 9.50. The van der Waals surface area contributed by atoms with Crippen LogP contribution >= 0.6 is 11.6 Å². The molecule has 3 saturated carbocycles. The third-order valence-corrected chi connectivity index (χ3v) is 5.90. The second-order valence-corrected chi connectivity index (χ2v) is 8.26. The van der Waals surface area contributed by atoms with E-state index < -0.39 is 11.2 Å². The van der Waals surface area contributed by atoms with Crippen molar-refractivity contribution in [2.45, 2.75) is 31.3 Å². The summed E-state index contributed by atoms with van der Waals surface area (Å²) in [6, 6.07) is 9.38. The number of aromatic nitrogens is 1. The number of hydrogen-bond acceptors (Lipinski definition) is 5. The van der Waals surface area contributed by atoms with Gasteiger partial charge in [0, 0.05) is 17.7 Å². The van der Waals surface area contributed by atoms with Crippen LogP contribution in [0, 0.1) is 11.2 Å². The molecule has 3 fully saturated rings. The fourth-order valence-electron chi connectivity index (χ4n) is 4.24. The highest BCUT2D eigenvalue weighted by atomic mass is 35.5. The molecule has 2 bridgehead atoms. The number of benzene rings is 1. The molecule has 0 radical (unpaired) electrons. The Balaban J connectivity index is 1.21. The molecule has 0 aliphatic heterocycles. The van der Waals surface area contributed by atoms with Gasteiger partial charge in [-0.05, 0) is 37.5 Å². The van der Waals surface area contributed by atoms with Crippen LogP contribution in [0.3, 0.4) is 0 Å². The first kappa shape index (κ1) is 20.4. The van der Waals surface area contributed by atoms with Crippen molar-refractivity contribution in [1.29, 1.82) is 0 Å². The zero-order valence-electron chi connectivity index (χ0n) is 16.3. The summed E-state index contributed by atoms with van der Waals surface area (Å²) in [7, 11) is 1.54. The number of hydrogen-bond donors (Lipinski definition) is 2. The number of nitrogens with one attached hydrogen (secondary N) is 2. The first-order chi connectivity index (χ1) is 14.3. The van der Waals surface area contributed by atoms with Crippen LogP contribution in [0.4, 0.5) is 4.39 Å². The monoisotopic (exact) mass is 433 g/mol. The number of pyridine rings is 1. The second kappa shape index (κ2) is 7.75. The lowest BCUT2D eigenvalue weighted by molar-refractivity contribution is -0.184. The molecule has 1 aromatic carbocycles. The Morgan fingerprint density at radius 1 is 1.23 bits per heavy atom. The quantitative estimate of drug-likeness (QED) is 0.668. The fraction of sp³-hybridized carbons (Fsp3) is 0.381. The minimum absolute atomic E-state index is 0.00794. The van der Waals surface area contributed by atoms with Gasteiger partial charge in [-0.15, -0.1) is 0 Å². The van der Waals surface area contributed by atoms with Gasteiger partial charge in [-0.2, -0.15) is 0 Å². The average Bonchev–Trinajstić information content (AvgIpc) is 2.68. The van der Waals surface area contributed by atoms with E-state index >= 15 is 0 Å². The molecular weight excluding hydrogens is 413 g/mol. The van der Waals surface area contributed by atoms with Gasteiger partial charge in [0.2, 0.25) is 11.8 Å². The predicted octanol–water partition coefficient (Wildman–Crippen LogP) is 2.62. The van der Waals surface area contributed by atoms with Crippen molar-refractivity contribution in [3.05, 3.63) is 52.9 Å². The smallest absolute Gasteiger partial charge is 0.258 e. The van der Waals surface area contributed by atoms with E-state index in [1.165, 1.54) is 12.1 Å². The maximum absolute atomic E-state index is 13.4. The van der Waals surface area contributed by atoms with Crippen LogP contribution in [0.5, 0.6) is 11.6 Å². The maximum Gasteiger partial charge on any atom is 0.258 e. The summed E-state index contributed by atoms with van der Waals surface area (Å²) in [6.45, 7) is 0.0894. The van der Waals surface area contributed by atoms with Gasteiger partial charge in [-0.25, -0.2) is 9.37 Å². The minimum atomic E-state index is -0.605. The SMILES string of the molecule is COc1cccc(CNC(=O)C23CC(NC(=O)COc4ccc(Cl)c(F)c4)(C2)C3)n1. The van der Waals surface area contributed by atoms with E-state index in [-0.39, 0.29) is 34.7 Å². The molecule has 158 valence electrons. The van der Waals surface area contributed by atoms with Crippen LogP contribution in [0.15, 0.2) is 36.4 Å². The third kappa shape index (κ3) is 3.92. The van der Waals surface area contributed by atoms with Gasteiger partial charge in [0.15, 0.2) is 6.61 Å². The number of ether oxygens (including phenoxy) is 2. The Morgan fingerprint density at radius 2 is 2.00 bits per heavy atom. The summed E-state index contributed by atoms with van der Waals surface area (Å²) in [6.07, 6.45) is 1.79. The summed E-state index contributed by atoms with van der Waals surface area (Å²) >= 11 is 5.62. The molecule has 7 nitrogen and oxygen atoms in total. The number of amides is 2. The molecule has 2 aromatic rings. The summed E-state index contributed by atoms with van der Waals surface area (Å²) < 4.78 is 23.8. The highest BCUT2D eigenvalue weighted by molar-refractivity contribution is 6.30. The van der Waals surface area contributed by atoms with Crippen LogP contribution in [0.25, 0.3) is 0 Å². The third-order valence-electron chi connectivity index (χ3n) is 5.60. The molecule has 0 saturated heterocycles. The molecule has 0 atom stereocenters. The summed E-state index contributed by atoms with van der Waals surface area (Å²) in [5.74, 6) is -0.217. The molecule has 0 spiro atoms. The molecule has 1 heterocycles. The van der Waals surface area contributed by atoms with Crippen molar-refractivity contribution >= 4 is 23.4 Å². The van der Waals surface area contributed by atoms with Gasteiger partial charge in [0.25, 0.3) is 5.91 Å². The van der Waals surface area contributed by atoms with Crippen molar-refractivity contribution < 1.29 is 23.5 Å². The molecule has 5 rings (SSSR count). The van der Waals surface area contributed by atoms with Crippen LogP contribution < -0.4 is 20.1 Å². The van der Waals surface area contributed by atoms with Crippen molar-refractivity contribution in [3.63, 3.8) is 0 Å². The number of halogens is 2. The topological polar surface area (TPSA) is 89.6 Å². The van der Waals surface area contributed by atoms with E-state index in [9.17, 15) is 14.0 Å². The number of nitrogens with zero attached hydrogens (tertiary/aromatic N) is 1. The Bertz CT molecular complexity index is 980. The summed E-state index contributed by atoms with van der Waals surface area (Å²) in [4.78, 5) is 29.0. The van der Waals surface area contributed by atoms with Gasteiger partial charge < -0.3 is 20.1 Å². The summed E-state index contributed by atoms with van der Waals surface area (Å²) in [5.41, 5.74) is -0.0584. The van der Waals surface area contributed by atoms with Crippen molar-refractivity contribution in [1.82, 2.24) is 15.6 Å². The van der Waals surface area contributed by atoms with Gasteiger partial charge in [-0.3, -0.25) is 9.59 Å². The number of rotatable bonds is 8. The molecular formula is C21H21ClFN3O4. The highest BCUT2D eigenvalue weighted by Crippen LogP contribution is 2.67. The molecule has 3 aliphatic rings. The highest BCUT2D eigenvalue weighted by Gasteiger charge is 2.72. The van der Waals surface area contributed by atoms with Crippen LogP contribution in [-0.2, 0) is 16.1 Å². The van der Waals surface area contributed by atoms with E-state index in [4.69, 9.17) is 21.1 Å². The van der Waals surface area contributed by atoms with Gasteiger partial charge in [0.05, 0.1) is 29.8 Å².